The molecule has 1 aromatic rings. The number of nitrogens with zero attached hydrogens (tertiary/aromatic N) is 3. The van der Waals surface area contributed by atoms with Crippen molar-refractivity contribution in [2.45, 2.75) is 90.8 Å². The van der Waals surface area contributed by atoms with Crippen LogP contribution in [0.5, 0.6) is 0 Å². The number of amides is 4. The van der Waals surface area contributed by atoms with Gasteiger partial charge in [-0.15, -0.1) is 0 Å². The van der Waals surface area contributed by atoms with Crippen LogP contribution < -0.4 is 10.2 Å². The zero-order valence-corrected chi connectivity index (χ0v) is 23.0. The molecule has 2 aliphatic heterocycles. The molecule has 0 saturated carbocycles. The summed E-state index contributed by atoms with van der Waals surface area (Å²) in [4.78, 5) is 55.1. The van der Waals surface area contributed by atoms with Gasteiger partial charge in [0.15, 0.2) is 0 Å². The molecule has 0 bridgehead atoms. The van der Waals surface area contributed by atoms with Crippen LogP contribution in [0.4, 0.5) is 10.5 Å². The van der Waals surface area contributed by atoms with Crippen molar-refractivity contribution >= 4 is 29.5 Å². The van der Waals surface area contributed by atoms with Crippen molar-refractivity contribution in [2.75, 3.05) is 31.6 Å². The second kappa shape index (κ2) is 12.4. The number of ether oxygens (including phenoxy) is 1. The highest BCUT2D eigenvalue weighted by atomic mass is 16.6. The van der Waals surface area contributed by atoms with Crippen LogP contribution in [-0.4, -0.2) is 71.9 Å². The predicted octanol–water partition coefficient (Wildman–Crippen LogP) is 4.09. The van der Waals surface area contributed by atoms with Gasteiger partial charge in [-0.2, -0.15) is 0 Å². The summed E-state index contributed by atoms with van der Waals surface area (Å²) in [5, 5.41) is 2.37. The van der Waals surface area contributed by atoms with Gasteiger partial charge in [-0.1, -0.05) is 25.8 Å². The van der Waals surface area contributed by atoms with E-state index in [-0.39, 0.29) is 24.3 Å². The maximum absolute atomic E-state index is 13.2. The van der Waals surface area contributed by atoms with Gasteiger partial charge in [-0.25, -0.2) is 4.79 Å². The Balaban J connectivity index is 1.68. The maximum atomic E-state index is 13.2. The fourth-order valence-electron chi connectivity index (χ4n) is 4.85. The van der Waals surface area contributed by atoms with Crippen molar-refractivity contribution < 1.29 is 23.9 Å². The fourth-order valence-corrected chi connectivity index (χ4v) is 4.85. The van der Waals surface area contributed by atoms with Crippen molar-refractivity contribution in [3.63, 3.8) is 0 Å². The quantitative estimate of drug-likeness (QED) is 0.353. The first kappa shape index (κ1) is 28.5. The second-order valence-electron chi connectivity index (χ2n) is 11.0. The van der Waals surface area contributed by atoms with Gasteiger partial charge >= 0.3 is 6.09 Å². The summed E-state index contributed by atoms with van der Waals surface area (Å²) in [6.07, 6.45) is 5.26. The molecule has 2 heterocycles. The third kappa shape index (κ3) is 7.46. The Morgan fingerprint density at radius 2 is 1.76 bits per heavy atom. The van der Waals surface area contributed by atoms with Crippen LogP contribution in [0.25, 0.3) is 0 Å². The van der Waals surface area contributed by atoms with E-state index in [1.54, 1.807) is 16.8 Å². The van der Waals surface area contributed by atoms with Crippen LogP contribution in [0.15, 0.2) is 18.2 Å². The van der Waals surface area contributed by atoms with Gasteiger partial charge in [0.05, 0.1) is 0 Å². The molecule has 204 valence electrons. The van der Waals surface area contributed by atoms with Gasteiger partial charge in [0, 0.05) is 56.5 Å². The topological polar surface area (TPSA) is 99.3 Å². The van der Waals surface area contributed by atoms with E-state index in [4.69, 9.17) is 4.74 Å². The van der Waals surface area contributed by atoms with Gasteiger partial charge in [-0.3, -0.25) is 19.7 Å². The van der Waals surface area contributed by atoms with E-state index in [9.17, 15) is 19.2 Å². The number of hydrogen-bond donors (Lipinski definition) is 1. The summed E-state index contributed by atoms with van der Waals surface area (Å²) < 4.78 is 5.44. The average Bonchev–Trinajstić information content (AvgIpc) is 3.16. The molecule has 1 unspecified atom stereocenters. The predicted molar refractivity (Wildman–Crippen MR) is 142 cm³/mol. The van der Waals surface area contributed by atoms with Crippen LogP contribution in [0.1, 0.15) is 88.6 Å². The Bertz CT molecular complexity index is 1000. The smallest absolute Gasteiger partial charge is 0.410 e. The Morgan fingerprint density at radius 1 is 1.08 bits per heavy atom. The number of benzene rings is 1. The normalized spacial score (nSPS) is 17.5. The lowest BCUT2D eigenvalue weighted by Crippen LogP contribution is -2.52. The molecule has 9 heteroatoms. The lowest BCUT2D eigenvalue weighted by molar-refractivity contribution is -0.136. The molecule has 3 rings (SSSR count). The highest BCUT2D eigenvalue weighted by Crippen LogP contribution is 2.34. The summed E-state index contributed by atoms with van der Waals surface area (Å²) in [7, 11) is 1.76. The Labute approximate surface area is 220 Å². The number of unbranched alkanes of at least 4 members (excludes halogenated alkanes) is 3. The molecule has 0 spiro atoms. The van der Waals surface area contributed by atoms with Gasteiger partial charge in [0.2, 0.25) is 11.8 Å². The zero-order valence-electron chi connectivity index (χ0n) is 23.0. The Morgan fingerprint density at radius 3 is 2.41 bits per heavy atom. The zero-order chi connectivity index (χ0) is 27.2. The molecule has 0 radical (unpaired) electrons. The SMILES string of the molecule is CCCCCN(CCCCN(C)C(=O)OC(C)(C)C)c1cccc2c1CN(C1CCC(=O)NC1=O)C2=O. The fraction of sp³-hybridized carbons (Fsp3) is 0.643. The minimum Gasteiger partial charge on any atom is -0.444 e. The van der Waals surface area contributed by atoms with Crippen molar-refractivity contribution in [1.82, 2.24) is 15.1 Å². The van der Waals surface area contributed by atoms with E-state index in [0.717, 1.165) is 56.4 Å². The monoisotopic (exact) mass is 514 g/mol. The first-order valence-corrected chi connectivity index (χ1v) is 13.5. The number of rotatable bonds is 11. The first-order valence-electron chi connectivity index (χ1n) is 13.5. The number of nitrogens with one attached hydrogen (secondary N) is 1. The number of imide groups is 1. The molecule has 1 N–H and O–H groups in total. The number of hydrogen-bond acceptors (Lipinski definition) is 6. The molecule has 0 aromatic heterocycles. The average molecular weight is 515 g/mol. The molecule has 1 fully saturated rings. The lowest BCUT2D eigenvalue weighted by atomic mass is 10.0. The molecule has 9 nitrogen and oxygen atoms in total. The van der Waals surface area contributed by atoms with Crippen molar-refractivity contribution in [1.29, 1.82) is 0 Å². The lowest BCUT2D eigenvalue weighted by Gasteiger charge is -2.30. The van der Waals surface area contributed by atoms with Gasteiger partial charge in [0.25, 0.3) is 5.91 Å². The van der Waals surface area contributed by atoms with E-state index < -0.39 is 17.6 Å². The van der Waals surface area contributed by atoms with E-state index >= 15 is 0 Å². The highest BCUT2D eigenvalue weighted by molar-refractivity contribution is 6.06. The molecule has 1 aromatic carbocycles. The molecular weight excluding hydrogens is 472 g/mol. The third-order valence-corrected chi connectivity index (χ3v) is 6.81. The first-order chi connectivity index (χ1) is 17.5. The molecule has 37 heavy (non-hydrogen) atoms. The van der Waals surface area contributed by atoms with Crippen LogP contribution in [0, 0.1) is 0 Å². The van der Waals surface area contributed by atoms with Crippen LogP contribution in [0.2, 0.25) is 0 Å². The van der Waals surface area contributed by atoms with E-state index in [1.807, 2.05) is 32.9 Å². The molecular formula is C28H42N4O5. The largest absolute Gasteiger partial charge is 0.444 e. The standard InChI is InChI=1S/C28H42N4O5/c1-6-7-8-17-31(18-10-9-16-30(5)27(36)37-28(2,3)4)22-13-11-12-20-21(22)19-32(26(20)35)23-14-15-24(33)29-25(23)34/h11-13,23H,6-10,14-19H2,1-5H3,(H,29,33,34). The number of piperidine rings is 1. The maximum Gasteiger partial charge on any atom is 0.410 e. The number of carbonyl (C=O) groups excluding carboxylic acids is 4. The number of fused-ring (bicyclic) bond motifs is 1. The van der Waals surface area contributed by atoms with Gasteiger partial charge in [-0.05, 0) is 58.6 Å². The number of anilines is 1. The van der Waals surface area contributed by atoms with Gasteiger partial charge in [0.1, 0.15) is 11.6 Å². The van der Waals surface area contributed by atoms with Gasteiger partial charge < -0.3 is 19.4 Å². The van der Waals surface area contributed by atoms with E-state index in [1.165, 1.54) is 0 Å². The summed E-state index contributed by atoms with van der Waals surface area (Å²) in [6, 6.07) is 5.16. The van der Waals surface area contributed by atoms with Crippen LogP contribution in [-0.2, 0) is 20.9 Å². The van der Waals surface area contributed by atoms with Crippen LogP contribution >= 0.6 is 0 Å². The number of carbonyl (C=O) groups is 4. The van der Waals surface area contributed by atoms with E-state index in [2.05, 4.69) is 23.2 Å². The summed E-state index contributed by atoms with van der Waals surface area (Å²) >= 11 is 0. The molecule has 1 saturated heterocycles. The molecule has 4 amide bonds. The summed E-state index contributed by atoms with van der Waals surface area (Å²) in [5.74, 6) is -0.836. The molecule has 2 aliphatic rings. The summed E-state index contributed by atoms with van der Waals surface area (Å²) in [6.45, 7) is 10.4. The van der Waals surface area contributed by atoms with Crippen molar-refractivity contribution in [3.05, 3.63) is 29.3 Å². The van der Waals surface area contributed by atoms with Crippen molar-refractivity contribution in [2.24, 2.45) is 0 Å². The van der Waals surface area contributed by atoms with E-state index in [0.29, 0.717) is 25.1 Å². The third-order valence-electron chi connectivity index (χ3n) is 6.81. The van der Waals surface area contributed by atoms with Crippen LogP contribution in [0.3, 0.4) is 0 Å². The Hall–Kier alpha value is -3.10. The van der Waals surface area contributed by atoms with Crippen molar-refractivity contribution in [3.8, 4) is 0 Å². The molecule has 1 atom stereocenters. The second-order valence-corrected chi connectivity index (χ2v) is 11.0. The summed E-state index contributed by atoms with van der Waals surface area (Å²) in [5.41, 5.74) is 2.08. The highest BCUT2D eigenvalue weighted by Gasteiger charge is 2.40. The molecule has 0 aliphatic carbocycles. The Kier molecular flexibility index (Phi) is 9.56. The minimum absolute atomic E-state index is 0.154. The minimum atomic E-state index is -0.623.